The highest BCUT2D eigenvalue weighted by molar-refractivity contribution is 6.98. The van der Waals surface area contributed by atoms with Gasteiger partial charge in [0.25, 0.3) is 6.71 Å². The van der Waals surface area contributed by atoms with E-state index in [9.17, 15) is 0 Å². The molecule has 74 heavy (non-hydrogen) atoms. The summed E-state index contributed by atoms with van der Waals surface area (Å²) in [6.07, 6.45) is 0. The quantitative estimate of drug-likeness (QED) is 0.134. The van der Waals surface area contributed by atoms with Gasteiger partial charge in [0.05, 0.1) is 5.69 Å². The van der Waals surface area contributed by atoms with E-state index in [2.05, 4.69) is 233 Å². The first-order chi connectivity index (χ1) is 36.7. The van der Waals surface area contributed by atoms with Crippen LogP contribution in [0.5, 0.6) is 23.0 Å². The molecule has 7 nitrogen and oxygen atoms in total. The summed E-state index contributed by atoms with van der Waals surface area (Å²) in [4.78, 5) is 6.75. The Balaban J connectivity index is 0.930. The van der Waals surface area contributed by atoms with E-state index < -0.39 is 0 Å². The second-order valence-corrected chi connectivity index (χ2v) is 18.8. The van der Waals surface area contributed by atoms with Crippen LogP contribution in [0.25, 0.3) is 43.9 Å². The Kier molecular flexibility index (Phi) is 9.53. The van der Waals surface area contributed by atoms with Crippen LogP contribution >= 0.6 is 0 Å². The minimum Gasteiger partial charge on any atom is -0.454 e. The van der Waals surface area contributed by atoms with Crippen molar-refractivity contribution in [2.75, 3.05) is 14.7 Å². The van der Waals surface area contributed by atoms with Crippen LogP contribution in [0.3, 0.4) is 0 Å². The Morgan fingerprint density at radius 1 is 0.270 bits per heavy atom. The monoisotopic (exact) mass is 951 g/mol. The average Bonchev–Trinajstić information content (AvgIpc) is 4.07. The summed E-state index contributed by atoms with van der Waals surface area (Å²) in [5, 5.41) is 3.96. The summed E-state index contributed by atoms with van der Waals surface area (Å²) in [6.45, 7) is -0.275. The van der Waals surface area contributed by atoms with E-state index >= 15 is 0 Å². The van der Waals surface area contributed by atoms with Crippen molar-refractivity contribution in [1.29, 1.82) is 0 Å². The lowest BCUT2D eigenvalue weighted by Gasteiger charge is -2.34. The summed E-state index contributed by atoms with van der Waals surface area (Å²) in [6, 6.07) is 88.6. The highest BCUT2D eigenvalue weighted by Gasteiger charge is 2.43. The van der Waals surface area contributed by atoms with Gasteiger partial charge in [-0.2, -0.15) is 0 Å². The van der Waals surface area contributed by atoms with Gasteiger partial charge in [0.2, 0.25) is 0 Å². The summed E-state index contributed by atoms with van der Waals surface area (Å²) in [5.74, 6) is 2.75. The topological polar surface area (TPSA) is 54.5 Å². The van der Waals surface area contributed by atoms with E-state index in [0.717, 1.165) is 100 Å². The van der Waals surface area contributed by atoms with Gasteiger partial charge in [-0.1, -0.05) is 133 Å². The number of hydrogen-bond donors (Lipinski definition) is 0. The van der Waals surface area contributed by atoms with E-state index in [4.69, 9.17) is 18.3 Å². The fourth-order valence-corrected chi connectivity index (χ4v) is 11.3. The summed E-state index contributed by atoms with van der Waals surface area (Å²) in [5.41, 5.74) is 14.9. The van der Waals surface area contributed by atoms with E-state index in [1.165, 1.54) is 0 Å². The first-order valence-electron chi connectivity index (χ1n) is 24.9. The number of anilines is 9. The SMILES string of the molecule is c1ccc(N(c2ccccc2)c2cc3c4c(c2)Oc2c(ccc5c2oc2cc(N(c6ccccc6)c6ccccc6)ccc25)B4c2ccc4c(oc5cc(N(c6ccccc6)c6ccccc6)ccc54)c2O3)cc1. The third kappa shape index (κ3) is 6.69. The molecule has 348 valence electrons. The Labute approximate surface area is 427 Å². The molecule has 2 aliphatic heterocycles. The van der Waals surface area contributed by atoms with E-state index in [0.29, 0.717) is 34.2 Å². The molecule has 0 saturated heterocycles. The Hall–Kier alpha value is -9.92. The number of fused-ring (bicyclic) bond motifs is 12. The minimum absolute atomic E-state index is 0.275. The van der Waals surface area contributed by atoms with Crippen LogP contribution in [0, 0.1) is 0 Å². The third-order valence-corrected chi connectivity index (χ3v) is 14.5. The maximum absolute atomic E-state index is 7.27. The van der Waals surface area contributed by atoms with E-state index in [-0.39, 0.29) is 6.71 Å². The Morgan fingerprint density at radius 2 is 0.581 bits per heavy atom. The van der Waals surface area contributed by atoms with Gasteiger partial charge in [-0.3, -0.25) is 0 Å². The molecule has 0 radical (unpaired) electrons. The maximum Gasteiger partial charge on any atom is 0.261 e. The predicted octanol–water partition coefficient (Wildman–Crippen LogP) is 16.6. The molecule has 13 aromatic rings. The molecule has 0 N–H and O–H groups in total. The van der Waals surface area contributed by atoms with Gasteiger partial charge in [0.1, 0.15) is 22.7 Å². The second-order valence-electron chi connectivity index (χ2n) is 18.8. The van der Waals surface area contributed by atoms with Crippen LogP contribution in [0.15, 0.2) is 264 Å². The predicted molar refractivity (Wildman–Crippen MR) is 303 cm³/mol. The Bertz CT molecular complexity index is 3910. The number of para-hydroxylation sites is 6. The molecule has 0 bridgehead atoms. The van der Waals surface area contributed by atoms with Crippen molar-refractivity contribution >= 4 is 118 Å². The average molecular weight is 952 g/mol. The molecular formula is C66H42BN3O4. The van der Waals surface area contributed by atoms with Gasteiger partial charge >= 0.3 is 0 Å². The fraction of sp³-hybridized carbons (Fsp3) is 0. The van der Waals surface area contributed by atoms with Crippen molar-refractivity contribution in [2.24, 2.45) is 0 Å². The zero-order chi connectivity index (χ0) is 48.7. The smallest absolute Gasteiger partial charge is 0.261 e. The van der Waals surface area contributed by atoms with E-state index in [1.807, 2.05) is 36.4 Å². The second kappa shape index (κ2) is 16.9. The number of nitrogens with zero attached hydrogens (tertiary/aromatic N) is 3. The molecule has 0 amide bonds. The van der Waals surface area contributed by atoms with Gasteiger partial charge in [0.15, 0.2) is 22.7 Å². The Morgan fingerprint density at radius 3 is 0.919 bits per heavy atom. The maximum atomic E-state index is 7.27. The lowest BCUT2D eigenvalue weighted by Crippen LogP contribution is -2.57. The van der Waals surface area contributed by atoms with Crippen LogP contribution in [0.1, 0.15) is 0 Å². The molecule has 11 aromatic carbocycles. The largest absolute Gasteiger partial charge is 0.454 e. The van der Waals surface area contributed by atoms with Crippen LogP contribution in [0.2, 0.25) is 0 Å². The summed E-state index contributed by atoms with van der Waals surface area (Å²) >= 11 is 0. The number of benzene rings is 11. The first kappa shape index (κ1) is 41.8. The minimum atomic E-state index is -0.275. The van der Waals surface area contributed by atoms with Gasteiger partial charge in [0, 0.05) is 96.8 Å². The van der Waals surface area contributed by atoms with Gasteiger partial charge < -0.3 is 33.0 Å². The van der Waals surface area contributed by atoms with Crippen molar-refractivity contribution in [2.45, 2.75) is 0 Å². The van der Waals surface area contributed by atoms with Crippen LogP contribution in [-0.2, 0) is 0 Å². The van der Waals surface area contributed by atoms with E-state index in [1.54, 1.807) is 0 Å². The normalized spacial score (nSPS) is 12.2. The highest BCUT2D eigenvalue weighted by atomic mass is 16.5. The zero-order valence-corrected chi connectivity index (χ0v) is 39.8. The standard InChI is InChI=1S/C66H42BN3O4/c1-7-19-43(20-8-1)68(44-21-9-2-10-22-44)49-31-33-52-54-35-37-56-65(63(54)71-58(52)39-49)73-60-41-51(70(47-27-15-5-16-28-47)48-29-17-6-18-30-48)42-61-62(60)67(56)57-38-36-55-53-34-32-50(40-59(53)72-64(55)66(57)74-61)69(45-23-11-3-12-24-45)46-25-13-4-14-26-46/h1-42H. The molecule has 0 saturated carbocycles. The number of furan rings is 2. The molecule has 0 unspecified atom stereocenters. The van der Waals surface area contributed by atoms with Crippen LogP contribution in [-0.4, -0.2) is 6.71 Å². The van der Waals surface area contributed by atoms with Gasteiger partial charge in [-0.15, -0.1) is 0 Å². The molecule has 8 heteroatoms. The van der Waals surface area contributed by atoms with Crippen LogP contribution in [0.4, 0.5) is 51.2 Å². The summed E-state index contributed by atoms with van der Waals surface area (Å²) in [7, 11) is 0. The lowest BCUT2D eigenvalue weighted by atomic mass is 9.34. The number of ether oxygens (including phenoxy) is 2. The van der Waals surface area contributed by atoms with Crippen LogP contribution < -0.4 is 40.6 Å². The molecule has 0 fully saturated rings. The molecule has 4 heterocycles. The molecule has 0 spiro atoms. The van der Waals surface area contributed by atoms with Crippen molar-refractivity contribution in [3.63, 3.8) is 0 Å². The van der Waals surface area contributed by atoms with Crippen molar-refractivity contribution in [3.05, 3.63) is 255 Å². The van der Waals surface area contributed by atoms with Crippen molar-refractivity contribution in [1.82, 2.24) is 0 Å². The molecule has 2 aliphatic rings. The van der Waals surface area contributed by atoms with Crippen molar-refractivity contribution in [3.8, 4) is 23.0 Å². The first-order valence-corrected chi connectivity index (χ1v) is 24.9. The van der Waals surface area contributed by atoms with Crippen molar-refractivity contribution < 1.29 is 18.3 Å². The molecule has 15 rings (SSSR count). The molecule has 2 aromatic heterocycles. The number of hydrogen-bond acceptors (Lipinski definition) is 7. The molecule has 0 aliphatic carbocycles. The number of rotatable bonds is 9. The van der Waals surface area contributed by atoms with Gasteiger partial charge in [-0.25, -0.2) is 0 Å². The summed E-state index contributed by atoms with van der Waals surface area (Å²) < 4.78 is 28.7. The molecule has 0 atom stereocenters. The lowest BCUT2D eigenvalue weighted by molar-refractivity contribution is 0.459. The zero-order valence-electron chi connectivity index (χ0n) is 39.8. The molecular weight excluding hydrogens is 910 g/mol. The third-order valence-electron chi connectivity index (χ3n) is 14.5. The fourth-order valence-electron chi connectivity index (χ4n) is 11.3. The van der Waals surface area contributed by atoms with Gasteiger partial charge in [-0.05, 0) is 108 Å². The highest BCUT2D eigenvalue weighted by Crippen LogP contribution is 2.48.